The number of hydrogen-bond donors (Lipinski definition) is 0. The summed E-state index contributed by atoms with van der Waals surface area (Å²) in [5, 5.41) is 8.21. The van der Waals surface area contributed by atoms with Crippen molar-refractivity contribution in [3.63, 3.8) is 0 Å². The number of fused-ring (bicyclic) bond motifs is 1. The summed E-state index contributed by atoms with van der Waals surface area (Å²) in [6, 6.07) is 6.83. The molecule has 8 heteroatoms. The van der Waals surface area contributed by atoms with Crippen molar-refractivity contribution in [1.82, 2.24) is 20.1 Å². The Morgan fingerprint density at radius 2 is 1.87 bits per heavy atom. The van der Waals surface area contributed by atoms with E-state index in [2.05, 4.69) is 15.2 Å². The number of benzene rings is 1. The number of alkyl halides is 2. The third kappa shape index (κ3) is 3.65. The van der Waals surface area contributed by atoms with Crippen molar-refractivity contribution in [1.29, 1.82) is 0 Å². The van der Waals surface area contributed by atoms with Crippen LogP contribution >= 0.6 is 0 Å². The maximum atomic E-state index is 13.9. The normalized spacial score (nSPS) is 14.7. The molecule has 3 heterocycles. The number of carbonyl (C=O) groups excluding carboxylic acids is 1. The van der Waals surface area contributed by atoms with Gasteiger partial charge in [-0.25, -0.2) is 13.2 Å². The fraction of sp³-hybridized carbons (Fsp3) is 0.273. The summed E-state index contributed by atoms with van der Waals surface area (Å²) in [5.41, 5.74) is 3.20. The molecule has 5 nitrogen and oxygen atoms in total. The molecule has 1 amide bonds. The van der Waals surface area contributed by atoms with Crippen LogP contribution in [0.4, 0.5) is 13.2 Å². The molecule has 0 N–H and O–H groups in total. The standard InChI is InChI=1S/C22H19F3N4O/c1-12(13-7-14(21(24)25)9-16(23)8-13)15-10-19(28-27-11-15)20-17-4-6-29(2)22(30)18(17)3-5-26-20/h3,5,7-12,21H,4,6H2,1-2H3/t12-/m0/s1. The van der Waals surface area contributed by atoms with Crippen molar-refractivity contribution in [3.8, 4) is 11.4 Å². The van der Waals surface area contributed by atoms with Crippen molar-refractivity contribution in [2.75, 3.05) is 13.6 Å². The van der Waals surface area contributed by atoms with Crippen LogP contribution in [0.1, 0.15) is 51.9 Å². The molecule has 1 aromatic carbocycles. The molecule has 0 radical (unpaired) electrons. The van der Waals surface area contributed by atoms with Gasteiger partial charge in [0.15, 0.2) is 0 Å². The van der Waals surface area contributed by atoms with E-state index in [1.807, 2.05) is 0 Å². The van der Waals surface area contributed by atoms with Gasteiger partial charge in [-0.3, -0.25) is 9.78 Å². The Hall–Kier alpha value is -3.29. The SMILES string of the molecule is C[C@@H](c1cc(F)cc(C(F)F)c1)c1cnnc(-c2nccc3c2CCN(C)C3=O)c1. The van der Waals surface area contributed by atoms with Crippen LogP contribution in [0, 0.1) is 5.82 Å². The van der Waals surface area contributed by atoms with E-state index in [1.165, 1.54) is 18.3 Å². The number of nitrogens with zero attached hydrogens (tertiary/aromatic N) is 4. The molecule has 0 bridgehead atoms. The van der Waals surface area contributed by atoms with Gasteiger partial charge >= 0.3 is 0 Å². The maximum absolute atomic E-state index is 13.9. The lowest BCUT2D eigenvalue weighted by Crippen LogP contribution is -2.34. The number of amides is 1. The van der Waals surface area contributed by atoms with E-state index in [0.29, 0.717) is 41.0 Å². The van der Waals surface area contributed by atoms with Gasteiger partial charge in [-0.1, -0.05) is 6.92 Å². The summed E-state index contributed by atoms with van der Waals surface area (Å²) >= 11 is 0. The number of rotatable bonds is 4. The number of likely N-dealkylation sites (N-methyl/N-ethyl adjacent to an activating group) is 1. The summed E-state index contributed by atoms with van der Waals surface area (Å²) in [6.07, 6.45) is 0.970. The minimum absolute atomic E-state index is 0.0725. The summed E-state index contributed by atoms with van der Waals surface area (Å²) in [4.78, 5) is 18.5. The van der Waals surface area contributed by atoms with Crippen molar-refractivity contribution in [3.05, 3.63) is 76.4 Å². The van der Waals surface area contributed by atoms with E-state index in [9.17, 15) is 18.0 Å². The van der Waals surface area contributed by atoms with E-state index in [1.54, 1.807) is 37.2 Å². The minimum atomic E-state index is -2.76. The summed E-state index contributed by atoms with van der Waals surface area (Å²) < 4.78 is 40.0. The monoisotopic (exact) mass is 412 g/mol. The average molecular weight is 412 g/mol. The zero-order valence-electron chi connectivity index (χ0n) is 16.4. The summed E-state index contributed by atoms with van der Waals surface area (Å²) in [5.74, 6) is -1.17. The largest absolute Gasteiger partial charge is 0.341 e. The summed E-state index contributed by atoms with van der Waals surface area (Å²) in [6.45, 7) is 2.37. The molecule has 0 fully saturated rings. The molecule has 0 unspecified atom stereocenters. The number of pyridine rings is 1. The molecule has 0 spiro atoms. The Kier molecular flexibility index (Phi) is 5.24. The van der Waals surface area contributed by atoms with Gasteiger partial charge in [0, 0.05) is 36.8 Å². The Morgan fingerprint density at radius 3 is 2.63 bits per heavy atom. The average Bonchev–Trinajstić information content (AvgIpc) is 2.75. The van der Waals surface area contributed by atoms with E-state index < -0.39 is 12.2 Å². The van der Waals surface area contributed by atoms with Crippen LogP contribution in [0.5, 0.6) is 0 Å². The zero-order valence-corrected chi connectivity index (χ0v) is 16.4. The van der Waals surface area contributed by atoms with Crippen LogP contribution < -0.4 is 0 Å². The predicted molar refractivity (Wildman–Crippen MR) is 105 cm³/mol. The molecule has 4 rings (SSSR count). The van der Waals surface area contributed by atoms with E-state index in [0.717, 1.165) is 11.6 Å². The van der Waals surface area contributed by atoms with Crippen LogP contribution in [0.15, 0.2) is 42.7 Å². The molecule has 0 saturated heterocycles. The fourth-order valence-corrected chi connectivity index (χ4v) is 3.69. The van der Waals surface area contributed by atoms with Crippen LogP contribution in [-0.4, -0.2) is 39.6 Å². The van der Waals surface area contributed by atoms with E-state index >= 15 is 0 Å². The molecule has 2 aromatic heterocycles. The molecule has 0 aliphatic carbocycles. The summed E-state index contributed by atoms with van der Waals surface area (Å²) in [7, 11) is 1.75. The molecule has 1 aliphatic heterocycles. The fourth-order valence-electron chi connectivity index (χ4n) is 3.69. The lowest BCUT2D eigenvalue weighted by atomic mass is 9.91. The lowest BCUT2D eigenvalue weighted by molar-refractivity contribution is 0.0781. The molecule has 154 valence electrons. The third-order valence-corrected chi connectivity index (χ3v) is 5.44. The molecule has 0 saturated carbocycles. The highest BCUT2D eigenvalue weighted by atomic mass is 19.3. The Morgan fingerprint density at radius 1 is 1.10 bits per heavy atom. The van der Waals surface area contributed by atoms with Crippen LogP contribution in [0.25, 0.3) is 11.4 Å². The Labute approximate surface area is 171 Å². The second-order valence-corrected chi connectivity index (χ2v) is 7.38. The molecular weight excluding hydrogens is 393 g/mol. The highest BCUT2D eigenvalue weighted by Gasteiger charge is 2.25. The Bertz CT molecular complexity index is 1120. The minimum Gasteiger partial charge on any atom is -0.341 e. The van der Waals surface area contributed by atoms with Crippen LogP contribution in [0.2, 0.25) is 0 Å². The zero-order chi connectivity index (χ0) is 21.4. The molecule has 3 aromatic rings. The van der Waals surface area contributed by atoms with Gasteiger partial charge in [0.2, 0.25) is 0 Å². The molecule has 1 atom stereocenters. The number of halogens is 3. The lowest BCUT2D eigenvalue weighted by Gasteiger charge is -2.25. The highest BCUT2D eigenvalue weighted by molar-refractivity contribution is 5.98. The number of carbonyl (C=O) groups is 1. The van der Waals surface area contributed by atoms with Crippen LogP contribution in [-0.2, 0) is 6.42 Å². The highest BCUT2D eigenvalue weighted by Crippen LogP contribution is 2.32. The molecule has 30 heavy (non-hydrogen) atoms. The van der Waals surface area contributed by atoms with Crippen molar-refractivity contribution in [2.45, 2.75) is 25.7 Å². The topological polar surface area (TPSA) is 59.0 Å². The van der Waals surface area contributed by atoms with Gasteiger partial charge in [-0.05, 0) is 53.4 Å². The van der Waals surface area contributed by atoms with Gasteiger partial charge in [-0.15, -0.1) is 5.10 Å². The number of aromatic nitrogens is 3. The first-order valence-electron chi connectivity index (χ1n) is 9.50. The van der Waals surface area contributed by atoms with Crippen molar-refractivity contribution in [2.24, 2.45) is 0 Å². The quantitative estimate of drug-likeness (QED) is 0.638. The second-order valence-electron chi connectivity index (χ2n) is 7.38. The van der Waals surface area contributed by atoms with Gasteiger partial charge in [0.05, 0.1) is 11.9 Å². The Balaban J connectivity index is 1.74. The molecular formula is C22H19F3N4O. The van der Waals surface area contributed by atoms with Crippen molar-refractivity contribution >= 4 is 5.91 Å². The molecule has 1 aliphatic rings. The first-order valence-corrected chi connectivity index (χ1v) is 9.50. The predicted octanol–water partition coefficient (Wildman–Crippen LogP) is 4.40. The first kappa shape index (κ1) is 20.0. The van der Waals surface area contributed by atoms with E-state index in [4.69, 9.17) is 0 Å². The van der Waals surface area contributed by atoms with Crippen LogP contribution in [0.3, 0.4) is 0 Å². The second kappa shape index (κ2) is 7.85. The first-order chi connectivity index (χ1) is 14.3. The van der Waals surface area contributed by atoms with E-state index in [-0.39, 0.29) is 17.4 Å². The van der Waals surface area contributed by atoms with Gasteiger partial charge < -0.3 is 4.90 Å². The maximum Gasteiger partial charge on any atom is 0.263 e. The van der Waals surface area contributed by atoms with Gasteiger partial charge in [0.1, 0.15) is 11.5 Å². The third-order valence-electron chi connectivity index (χ3n) is 5.44. The van der Waals surface area contributed by atoms with Gasteiger partial charge in [-0.2, -0.15) is 5.10 Å². The van der Waals surface area contributed by atoms with Gasteiger partial charge in [0.25, 0.3) is 12.3 Å². The van der Waals surface area contributed by atoms with Crippen molar-refractivity contribution < 1.29 is 18.0 Å². The smallest absolute Gasteiger partial charge is 0.263 e. The number of hydrogen-bond acceptors (Lipinski definition) is 4.